The predicted molar refractivity (Wildman–Crippen MR) is 97.5 cm³/mol. The van der Waals surface area contributed by atoms with Crippen LogP contribution in [0.5, 0.6) is 0 Å². The lowest BCUT2D eigenvalue weighted by atomic mass is 10.1. The summed E-state index contributed by atoms with van der Waals surface area (Å²) in [7, 11) is 0. The van der Waals surface area contributed by atoms with E-state index in [0.29, 0.717) is 5.69 Å². The Bertz CT molecular complexity index is 890. The molecule has 2 atom stereocenters. The number of hydrogen-bond donors (Lipinski definition) is 0. The Morgan fingerprint density at radius 2 is 1.56 bits per heavy atom. The summed E-state index contributed by atoms with van der Waals surface area (Å²) in [5.41, 5.74) is 3.31. The van der Waals surface area contributed by atoms with Gasteiger partial charge in [-0.3, -0.25) is 9.59 Å². The van der Waals surface area contributed by atoms with Gasteiger partial charge < -0.3 is 0 Å². The molecule has 2 aromatic carbocycles. The fourth-order valence-corrected chi connectivity index (χ4v) is 3.57. The van der Waals surface area contributed by atoms with Crippen LogP contribution in [0.2, 0.25) is 0 Å². The molecule has 4 rings (SSSR count). The highest BCUT2D eigenvalue weighted by molar-refractivity contribution is 9.10. The van der Waals surface area contributed by atoms with Crippen LogP contribution in [0.1, 0.15) is 11.1 Å². The van der Waals surface area contributed by atoms with Gasteiger partial charge in [-0.2, -0.15) is 5.11 Å². The van der Waals surface area contributed by atoms with Gasteiger partial charge in [0.15, 0.2) is 12.1 Å². The molecule has 0 N–H and O–H groups in total. The molecule has 0 radical (unpaired) electrons. The zero-order chi connectivity index (χ0) is 17.7. The van der Waals surface area contributed by atoms with Gasteiger partial charge >= 0.3 is 0 Å². The molecular formula is C18H15BrN4O2. The number of amides is 2. The van der Waals surface area contributed by atoms with Crippen molar-refractivity contribution in [2.75, 3.05) is 9.91 Å². The third-order valence-electron chi connectivity index (χ3n) is 4.34. The van der Waals surface area contributed by atoms with Gasteiger partial charge in [0.05, 0.1) is 11.4 Å². The molecule has 2 aromatic rings. The van der Waals surface area contributed by atoms with Crippen LogP contribution < -0.4 is 9.91 Å². The molecule has 1 saturated heterocycles. The Labute approximate surface area is 153 Å². The minimum absolute atomic E-state index is 0.298. The third kappa shape index (κ3) is 2.55. The van der Waals surface area contributed by atoms with E-state index in [0.717, 1.165) is 21.3 Å². The molecule has 0 aliphatic carbocycles. The van der Waals surface area contributed by atoms with Crippen molar-refractivity contribution >= 4 is 39.1 Å². The average molecular weight is 399 g/mol. The summed E-state index contributed by atoms with van der Waals surface area (Å²) in [5, 5.41) is 9.64. The molecule has 0 unspecified atom stereocenters. The Morgan fingerprint density at radius 3 is 2.20 bits per heavy atom. The average Bonchev–Trinajstić information content (AvgIpc) is 3.08. The number of imide groups is 1. The van der Waals surface area contributed by atoms with Crippen LogP contribution in [0.15, 0.2) is 57.3 Å². The molecule has 0 bridgehead atoms. The Kier molecular flexibility index (Phi) is 3.68. The number of rotatable bonds is 2. The summed E-state index contributed by atoms with van der Waals surface area (Å²) in [6.07, 6.45) is 0. The first-order valence-electron chi connectivity index (χ1n) is 7.87. The van der Waals surface area contributed by atoms with Crippen molar-refractivity contribution < 1.29 is 9.59 Å². The maximum atomic E-state index is 13.0. The van der Waals surface area contributed by atoms with Crippen molar-refractivity contribution in [3.63, 3.8) is 0 Å². The maximum Gasteiger partial charge on any atom is 0.263 e. The van der Waals surface area contributed by atoms with Crippen LogP contribution in [0.3, 0.4) is 0 Å². The van der Waals surface area contributed by atoms with Crippen LogP contribution in [-0.4, -0.2) is 23.9 Å². The maximum absolute atomic E-state index is 13.0. The SMILES string of the molecule is Cc1cc(C)cc(N2C(=O)[C@H]3N=NN(c4ccc(Br)cc4)[C@@H]3C2=O)c1. The molecule has 1 fully saturated rings. The molecule has 2 amide bonds. The highest BCUT2D eigenvalue weighted by Crippen LogP contribution is 2.35. The summed E-state index contributed by atoms with van der Waals surface area (Å²) >= 11 is 3.38. The summed E-state index contributed by atoms with van der Waals surface area (Å²) in [6.45, 7) is 3.88. The highest BCUT2D eigenvalue weighted by Gasteiger charge is 2.55. The molecule has 25 heavy (non-hydrogen) atoms. The van der Waals surface area contributed by atoms with Gasteiger partial charge in [-0.25, -0.2) is 9.91 Å². The summed E-state index contributed by atoms with van der Waals surface area (Å²) in [6, 6.07) is 11.6. The fraction of sp³-hybridized carbons (Fsp3) is 0.222. The lowest BCUT2D eigenvalue weighted by molar-refractivity contribution is -0.121. The minimum atomic E-state index is -0.794. The van der Waals surface area contributed by atoms with Crippen LogP contribution in [0.25, 0.3) is 0 Å². The fourth-order valence-electron chi connectivity index (χ4n) is 3.30. The van der Waals surface area contributed by atoms with E-state index in [1.807, 2.05) is 56.3 Å². The second kappa shape index (κ2) is 5.77. The van der Waals surface area contributed by atoms with E-state index in [2.05, 4.69) is 26.3 Å². The zero-order valence-electron chi connectivity index (χ0n) is 13.7. The van der Waals surface area contributed by atoms with E-state index in [9.17, 15) is 9.59 Å². The molecule has 7 heteroatoms. The lowest BCUT2D eigenvalue weighted by Gasteiger charge is -2.21. The topological polar surface area (TPSA) is 65.3 Å². The van der Waals surface area contributed by atoms with Crippen molar-refractivity contribution in [2.24, 2.45) is 10.3 Å². The minimum Gasteiger partial charge on any atom is -0.271 e. The first-order valence-corrected chi connectivity index (χ1v) is 8.67. The Balaban J connectivity index is 1.71. The number of carbonyl (C=O) groups is 2. The van der Waals surface area contributed by atoms with E-state index in [1.54, 1.807) is 0 Å². The number of aryl methyl sites for hydroxylation is 2. The number of fused-ring (bicyclic) bond motifs is 1. The summed E-state index contributed by atoms with van der Waals surface area (Å²) in [4.78, 5) is 27.0. The van der Waals surface area contributed by atoms with Crippen LogP contribution in [-0.2, 0) is 9.59 Å². The van der Waals surface area contributed by atoms with Gasteiger partial charge in [0.1, 0.15) is 0 Å². The van der Waals surface area contributed by atoms with E-state index in [-0.39, 0.29) is 11.8 Å². The molecule has 0 saturated carbocycles. The number of nitrogens with zero attached hydrogens (tertiary/aromatic N) is 4. The molecular weight excluding hydrogens is 384 g/mol. The van der Waals surface area contributed by atoms with Gasteiger partial charge in [0, 0.05) is 4.47 Å². The molecule has 2 aliphatic rings. The largest absolute Gasteiger partial charge is 0.271 e. The number of benzene rings is 2. The van der Waals surface area contributed by atoms with Crippen LogP contribution >= 0.6 is 15.9 Å². The Hall–Kier alpha value is -2.54. The summed E-state index contributed by atoms with van der Waals surface area (Å²) < 4.78 is 0.926. The lowest BCUT2D eigenvalue weighted by Crippen LogP contribution is -2.39. The highest BCUT2D eigenvalue weighted by atomic mass is 79.9. The van der Waals surface area contributed by atoms with Gasteiger partial charge in [-0.1, -0.05) is 27.2 Å². The zero-order valence-corrected chi connectivity index (χ0v) is 15.3. The van der Waals surface area contributed by atoms with Crippen molar-refractivity contribution in [3.8, 4) is 0 Å². The van der Waals surface area contributed by atoms with Gasteiger partial charge in [0.25, 0.3) is 11.8 Å². The quantitative estimate of drug-likeness (QED) is 0.726. The van der Waals surface area contributed by atoms with Gasteiger partial charge in [-0.15, -0.1) is 0 Å². The summed E-state index contributed by atoms with van der Waals surface area (Å²) in [5.74, 6) is -0.628. The van der Waals surface area contributed by atoms with E-state index in [1.165, 1.54) is 9.91 Å². The van der Waals surface area contributed by atoms with Gasteiger partial charge in [0.2, 0.25) is 0 Å². The first kappa shape index (κ1) is 16.0. The van der Waals surface area contributed by atoms with Crippen LogP contribution in [0.4, 0.5) is 11.4 Å². The van der Waals surface area contributed by atoms with Crippen molar-refractivity contribution in [1.29, 1.82) is 0 Å². The van der Waals surface area contributed by atoms with Crippen LogP contribution in [0, 0.1) is 13.8 Å². The number of carbonyl (C=O) groups excluding carboxylic acids is 2. The molecule has 126 valence electrons. The number of anilines is 2. The molecule has 2 heterocycles. The van der Waals surface area contributed by atoms with Crippen molar-refractivity contribution in [3.05, 3.63) is 58.1 Å². The number of hydrogen-bond acceptors (Lipinski definition) is 5. The number of halogens is 1. The molecule has 0 spiro atoms. The smallest absolute Gasteiger partial charge is 0.263 e. The standard InChI is InChI=1S/C18H15BrN4O2/c1-10-7-11(2)9-14(8-10)22-17(24)15-16(18(22)25)23(21-20-15)13-5-3-12(19)4-6-13/h3-9,15-16H,1-2H3/t15-,16-/m0/s1. The second-order valence-electron chi connectivity index (χ2n) is 6.27. The van der Waals surface area contributed by atoms with E-state index in [4.69, 9.17) is 0 Å². The van der Waals surface area contributed by atoms with Crippen molar-refractivity contribution in [2.45, 2.75) is 25.9 Å². The van der Waals surface area contributed by atoms with E-state index < -0.39 is 12.1 Å². The van der Waals surface area contributed by atoms with Gasteiger partial charge in [-0.05, 0) is 61.4 Å². The molecule has 6 nitrogen and oxygen atoms in total. The molecule has 2 aliphatic heterocycles. The van der Waals surface area contributed by atoms with Crippen molar-refractivity contribution in [1.82, 2.24) is 0 Å². The Morgan fingerprint density at radius 1 is 0.920 bits per heavy atom. The predicted octanol–water partition coefficient (Wildman–Crippen LogP) is 3.56. The first-order chi connectivity index (χ1) is 12.0. The molecule has 0 aromatic heterocycles. The second-order valence-corrected chi connectivity index (χ2v) is 7.19. The van der Waals surface area contributed by atoms with E-state index >= 15 is 0 Å². The monoisotopic (exact) mass is 398 g/mol. The third-order valence-corrected chi connectivity index (χ3v) is 4.87. The normalized spacial score (nSPS) is 22.0.